The summed E-state index contributed by atoms with van der Waals surface area (Å²) in [6.07, 6.45) is 4.31. The number of hydrogen-bond donors (Lipinski definition) is 1. The number of nitrogens with zero attached hydrogens (tertiary/aromatic N) is 3. The molecule has 1 aromatic heterocycles. The van der Waals surface area contributed by atoms with Crippen LogP contribution >= 0.6 is 0 Å². The quantitative estimate of drug-likeness (QED) is 0.793. The lowest BCUT2D eigenvalue weighted by molar-refractivity contribution is 0.410. The highest BCUT2D eigenvalue weighted by atomic mass is 32.2. The maximum absolute atomic E-state index is 12.6. The molecule has 2 rings (SSSR count). The highest BCUT2D eigenvalue weighted by molar-refractivity contribution is 7.89. The zero-order valence-corrected chi connectivity index (χ0v) is 12.9. The van der Waals surface area contributed by atoms with Crippen molar-refractivity contribution in [1.82, 2.24) is 9.29 Å². The maximum atomic E-state index is 12.6. The molecule has 0 unspecified atom stereocenters. The third-order valence-corrected chi connectivity index (χ3v) is 5.23. The first kappa shape index (κ1) is 15.7. The predicted octanol–water partition coefficient (Wildman–Crippen LogP) is 1.97. The van der Waals surface area contributed by atoms with Crippen LogP contribution in [0.3, 0.4) is 0 Å². The van der Waals surface area contributed by atoms with Gasteiger partial charge in [0.2, 0.25) is 10.0 Å². The topological polar surface area (TPSA) is 86.1 Å². The second kappa shape index (κ2) is 6.87. The molecule has 6 nitrogen and oxygen atoms in total. The number of hydrogen-bond acceptors (Lipinski definition) is 5. The minimum absolute atomic E-state index is 0.0428. The van der Waals surface area contributed by atoms with Crippen molar-refractivity contribution >= 4 is 15.8 Å². The average Bonchev–Trinajstić information content (AvgIpc) is 3.30. The molecule has 0 aromatic carbocycles. The first-order valence-electron chi connectivity index (χ1n) is 7.18. The zero-order valence-electron chi connectivity index (χ0n) is 12.1. The molecule has 1 aliphatic carbocycles. The molecule has 1 saturated carbocycles. The van der Waals surface area contributed by atoms with Crippen LogP contribution in [0.4, 0.5) is 5.82 Å². The first-order valence-corrected chi connectivity index (χ1v) is 8.62. The Hall–Kier alpha value is -1.65. The molecule has 1 fully saturated rings. The van der Waals surface area contributed by atoms with Crippen LogP contribution in [0.2, 0.25) is 0 Å². The van der Waals surface area contributed by atoms with E-state index in [1.165, 1.54) is 10.5 Å². The summed E-state index contributed by atoms with van der Waals surface area (Å²) in [5, 5.41) is 11.8. The molecule has 1 aliphatic rings. The fourth-order valence-corrected chi connectivity index (χ4v) is 3.68. The Morgan fingerprint density at radius 2 is 2.24 bits per heavy atom. The molecule has 21 heavy (non-hydrogen) atoms. The van der Waals surface area contributed by atoms with Gasteiger partial charge in [-0.05, 0) is 31.4 Å². The molecular weight excluding hydrogens is 288 g/mol. The van der Waals surface area contributed by atoms with Gasteiger partial charge in [0.25, 0.3) is 0 Å². The molecule has 0 saturated heterocycles. The lowest BCUT2D eigenvalue weighted by Crippen LogP contribution is -2.34. The third kappa shape index (κ3) is 3.93. The first-order chi connectivity index (χ1) is 10.1. The summed E-state index contributed by atoms with van der Waals surface area (Å²) >= 11 is 0. The van der Waals surface area contributed by atoms with E-state index >= 15 is 0 Å². The molecular formula is C14H20N4O2S. The Bertz CT molecular complexity index is 603. The highest BCUT2D eigenvalue weighted by Gasteiger charge is 2.37. The van der Waals surface area contributed by atoms with Crippen molar-refractivity contribution in [2.24, 2.45) is 0 Å². The molecule has 1 heterocycles. The van der Waals surface area contributed by atoms with Crippen LogP contribution in [-0.2, 0) is 10.0 Å². The summed E-state index contributed by atoms with van der Waals surface area (Å²) in [4.78, 5) is 4.33. The zero-order chi connectivity index (χ0) is 15.3. The van der Waals surface area contributed by atoms with Crippen molar-refractivity contribution in [2.45, 2.75) is 43.5 Å². The predicted molar refractivity (Wildman–Crippen MR) is 80.2 cm³/mol. The molecule has 114 valence electrons. The van der Waals surface area contributed by atoms with Crippen LogP contribution in [0, 0.1) is 11.3 Å². The van der Waals surface area contributed by atoms with Gasteiger partial charge >= 0.3 is 0 Å². The average molecular weight is 308 g/mol. The van der Waals surface area contributed by atoms with Crippen LogP contribution in [-0.4, -0.2) is 36.8 Å². The molecule has 0 radical (unpaired) electrons. The van der Waals surface area contributed by atoms with Gasteiger partial charge in [-0.25, -0.2) is 13.4 Å². The lowest BCUT2D eigenvalue weighted by Gasteiger charge is -2.20. The number of nitriles is 1. The van der Waals surface area contributed by atoms with E-state index in [2.05, 4.69) is 17.2 Å². The van der Waals surface area contributed by atoms with Crippen molar-refractivity contribution in [3.05, 3.63) is 18.3 Å². The Labute approximate surface area is 125 Å². The largest absolute Gasteiger partial charge is 0.370 e. The van der Waals surface area contributed by atoms with Crippen LogP contribution in [0.15, 0.2) is 23.2 Å². The van der Waals surface area contributed by atoms with Gasteiger partial charge in [-0.15, -0.1) is 0 Å². The van der Waals surface area contributed by atoms with Crippen LogP contribution < -0.4 is 5.32 Å². The van der Waals surface area contributed by atoms with Crippen LogP contribution in [0.1, 0.15) is 32.6 Å². The Balaban J connectivity index is 2.15. The van der Waals surface area contributed by atoms with Crippen molar-refractivity contribution < 1.29 is 8.42 Å². The van der Waals surface area contributed by atoms with Gasteiger partial charge in [0.15, 0.2) is 0 Å². The fraction of sp³-hybridized carbons (Fsp3) is 0.571. The molecule has 0 aliphatic heterocycles. The fourth-order valence-electron chi connectivity index (χ4n) is 2.05. The second-order valence-electron chi connectivity index (χ2n) is 5.06. The van der Waals surface area contributed by atoms with E-state index in [0.29, 0.717) is 5.82 Å². The highest BCUT2D eigenvalue weighted by Crippen LogP contribution is 2.32. The van der Waals surface area contributed by atoms with E-state index in [1.54, 1.807) is 12.1 Å². The van der Waals surface area contributed by atoms with E-state index in [9.17, 15) is 8.42 Å². The minimum Gasteiger partial charge on any atom is -0.370 e. The number of pyridine rings is 1. The molecule has 0 bridgehead atoms. The standard InChI is InChI=1S/C14H20N4O2S/c1-2-9-16-14-7-6-13(11-17-14)21(19,20)18(10-3-8-15)12-4-5-12/h6-7,11-12H,2-5,9-10H2,1H3,(H,16,17). The summed E-state index contributed by atoms with van der Waals surface area (Å²) in [6.45, 7) is 3.10. The van der Waals surface area contributed by atoms with Crippen molar-refractivity contribution in [1.29, 1.82) is 5.26 Å². The van der Waals surface area contributed by atoms with Crippen LogP contribution in [0.5, 0.6) is 0 Å². The van der Waals surface area contributed by atoms with Gasteiger partial charge in [0, 0.05) is 31.7 Å². The van der Waals surface area contributed by atoms with E-state index in [4.69, 9.17) is 5.26 Å². The molecule has 0 amide bonds. The van der Waals surface area contributed by atoms with E-state index < -0.39 is 10.0 Å². The van der Waals surface area contributed by atoms with Crippen molar-refractivity contribution in [2.75, 3.05) is 18.4 Å². The molecule has 1 aromatic rings. The normalized spacial score (nSPS) is 14.9. The molecule has 7 heteroatoms. The van der Waals surface area contributed by atoms with Gasteiger partial charge in [0.1, 0.15) is 10.7 Å². The number of nitrogens with one attached hydrogen (secondary N) is 1. The van der Waals surface area contributed by atoms with Gasteiger partial charge in [-0.2, -0.15) is 9.57 Å². The Morgan fingerprint density at radius 1 is 1.48 bits per heavy atom. The van der Waals surface area contributed by atoms with E-state index in [0.717, 1.165) is 25.8 Å². The number of sulfonamides is 1. The number of aromatic nitrogens is 1. The van der Waals surface area contributed by atoms with Crippen LogP contribution in [0.25, 0.3) is 0 Å². The van der Waals surface area contributed by atoms with Gasteiger partial charge in [-0.3, -0.25) is 0 Å². The second-order valence-corrected chi connectivity index (χ2v) is 6.95. The number of rotatable bonds is 8. The minimum atomic E-state index is -3.56. The summed E-state index contributed by atoms with van der Waals surface area (Å²) in [6, 6.07) is 5.30. The molecule has 1 N–H and O–H groups in total. The molecule has 0 atom stereocenters. The van der Waals surface area contributed by atoms with E-state index in [1.807, 2.05) is 6.07 Å². The SMILES string of the molecule is CCCNc1ccc(S(=O)(=O)N(CCC#N)C2CC2)cn1. The van der Waals surface area contributed by atoms with Crippen molar-refractivity contribution in [3.8, 4) is 6.07 Å². The van der Waals surface area contributed by atoms with Gasteiger partial charge in [0.05, 0.1) is 6.07 Å². The Morgan fingerprint density at radius 3 is 2.76 bits per heavy atom. The van der Waals surface area contributed by atoms with Gasteiger partial charge in [-0.1, -0.05) is 6.92 Å². The lowest BCUT2D eigenvalue weighted by atomic mass is 10.4. The third-order valence-electron chi connectivity index (χ3n) is 3.30. The Kier molecular flexibility index (Phi) is 5.15. The summed E-state index contributed by atoms with van der Waals surface area (Å²) < 4.78 is 26.6. The molecule has 0 spiro atoms. The summed E-state index contributed by atoms with van der Waals surface area (Å²) in [7, 11) is -3.56. The van der Waals surface area contributed by atoms with Crippen molar-refractivity contribution in [3.63, 3.8) is 0 Å². The number of anilines is 1. The summed E-state index contributed by atoms with van der Waals surface area (Å²) in [5.41, 5.74) is 0. The smallest absolute Gasteiger partial charge is 0.244 e. The maximum Gasteiger partial charge on any atom is 0.244 e. The monoisotopic (exact) mass is 308 g/mol. The van der Waals surface area contributed by atoms with Gasteiger partial charge < -0.3 is 5.32 Å². The van der Waals surface area contributed by atoms with E-state index in [-0.39, 0.29) is 23.9 Å². The summed E-state index contributed by atoms with van der Waals surface area (Å²) in [5.74, 6) is 0.672.